The van der Waals surface area contributed by atoms with Crippen molar-refractivity contribution in [3.8, 4) is 0 Å². The summed E-state index contributed by atoms with van der Waals surface area (Å²) in [6.07, 6.45) is -4.52. The number of Topliss-reactive ketones (excluding diaryl/α,β-unsaturated/α-hetero) is 2. The largest absolute Gasteiger partial charge is 0.398 e. The first-order chi connectivity index (χ1) is 13.0. The molecule has 3 unspecified atom stereocenters. The molecule has 6 nitrogen and oxygen atoms in total. The number of rotatable bonds is 1. The van der Waals surface area contributed by atoms with Gasteiger partial charge in [-0.1, -0.05) is 6.04 Å². The van der Waals surface area contributed by atoms with Crippen molar-refractivity contribution in [2.45, 2.75) is 32.1 Å². The minimum atomic E-state index is -2.69. The minimum Gasteiger partial charge on any atom is -0.398 e. The van der Waals surface area contributed by atoms with Crippen molar-refractivity contribution in [3.63, 3.8) is 0 Å². The topological polar surface area (TPSA) is 95.0 Å². The lowest BCUT2D eigenvalue weighted by molar-refractivity contribution is -0.132. The maximum atomic E-state index is 13.2. The highest BCUT2D eigenvalue weighted by Crippen LogP contribution is 2.24. The number of hydrogen-bond donors (Lipinski definition) is 1. The van der Waals surface area contributed by atoms with E-state index < -0.39 is 84.3 Å². The lowest BCUT2D eigenvalue weighted by atomic mass is 9.92. The molecule has 1 heterocycles. The van der Waals surface area contributed by atoms with Gasteiger partial charge in [0.1, 0.15) is 11.6 Å². The van der Waals surface area contributed by atoms with Gasteiger partial charge in [-0.05, 0) is 25.4 Å². The second kappa shape index (κ2) is 4.80. The van der Waals surface area contributed by atoms with Gasteiger partial charge in [-0.25, -0.2) is 4.98 Å². The predicted molar refractivity (Wildman–Crippen MR) is 78.1 cm³/mol. The molecule has 0 saturated heterocycles. The first-order valence-corrected chi connectivity index (χ1v) is 5.99. The highest BCUT2D eigenvalue weighted by atomic mass is 16.2. The molecular formula is C15H15N3O3. The predicted octanol–water partition coefficient (Wildman–Crippen LogP) is 1.15. The van der Waals surface area contributed by atoms with Crippen LogP contribution in [0.4, 0.5) is 5.69 Å². The molecule has 2 aromatic rings. The minimum absolute atomic E-state index is 0.353. The van der Waals surface area contributed by atoms with Gasteiger partial charge >= 0.3 is 0 Å². The second-order valence-electron chi connectivity index (χ2n) is 4.47. The van der Waals surface area contributed by atoms with Crippen LogP contribution in [0.5, 0.6) is 0 Å². The van der Waals surface area contributed by atoms with Crippen molar-refractivity contribution in [2.75, 3.05) is 5.73 Å². The number of carbonyl (C=O) groups is 2. The Labute approximate surface area is 130 Å². The summed E-state index contributed by atoms with van der Waals surface area (Å²) >= 11 is 0. The molecule has 1 aromatic carbocycles. The van der Waals surface area contributed by atoms with Gasteiger partial charge in [0.05, 0.1) is 28.8 Å². The van der Waals surface area contributed by atoms with Gasteiger partial charge in [0.25, 0.3) is 5.56 Å². The normalized spacial score (nSPS) is 34.4. The van der Waals surface area contributed by atoms with Gasteiger partial charge in [-0.3, -0.25) is 19.0 Å². The molecule has 3 atom stereocenters. The quantitative estimate of drug-likeness (QED) is 0.628. The van der Waals surface area contributed by atoms with E-state index in [-0.39, 0.29) is 5.52 Å². The van der Waals surface area contributed by atoms with Crippen molar-refractivity contribution in [2.24, 2.45) is 0 Å². The number of nitrogens with zero attached hydrogens (tertiary/aromatic N) is 2. The van der Waals surface area contributed by atoms with Crippen LogP contribution in [-0.4, -0.2) is 21.1 Å². The number of anilines is 1. The van der Waals surface area contributed by atoms with Crippen LogP contribution in [0.2, 0.25) is 0 Å². The van der Waals surface area contributed by atoms with Crippen LogP contribution in [0.25, 0.3) is 10.9 Å². The Bertz CT molecular complexity index is 1100. The van der Waals surface area contributed by atoms with Crippen molar-refractivity contribution in [1.29, 1.82) is 0 Å². The Kier molecular flexibility index (Phi) is 1.71. The van der Waals surface area contributed by atoms with Crippen molar-refractivity contribution in [1.82, 2.24) is 9.55 Å². The molecule has 0 spiro atoms. The van der Waals surface area contributed by atoms with Crippen molar-refractivity contribution < 1.29 is 19.2 Å². The summed E-state index contributed by atoms with van der Waals surface area (Å²) in [6.45, 7) is -0.711. The maximum absolute atomic E-state index is 13.2. The van der Waals surface area contributed by atoms with E-state index in [1.54, 1.807) is 0 Å². The molecule has 1 aliphatic rings. The monoisotopic (exact) mass is 292 g/mol. The van der Waals surface area contributed by atoms with Crippen LogP contribution in [0.3, 0.4) is 0 Å². The average molecular weight is 292 g/mol. The molecular weight excluding hydrogens is 270 g/mol. The Morgan fingerprint density at radius 2 is 2.33 bits per heavy atom. The van der Waals surface area contributed by atoms with E-state index >= 15 is 0 Å². The fourth-order valence-electron chi connectivity index (χ4n) is 2.14. The summed E-state index contributed by atoms with van der Waals surface area (Å²) in [5.74, 6) is -2.38. The van der Waals surface area contributed by atoms with Gasteiger partial charge < -0.3 is 5.73 Å². The van der Waals surface area contributed by atoms with Crippen LogP contribution >= 0.6 is 0 Å². The van der Waals surface area contributed by atoms with E-state index in [9.17, 15) is 14.4 Å². The molecule has 108 valence electrons. The molecule has 2 N–H and O–H groups in total. The first kappa shape index (κ1) is 7.49. The number of nitrogens with two attached hydrogens (primary N) is 1. The molecule has 1 aliphatic carbocycles. The fraction of sp³-hybridized carbons (Fsp3) is 0.333. The van der Waals surface area contributed by atoms with E-state index in [0.717, 1.165) is 0 Å². The number of aromatic nitrogens is 2. The van der Waals surface area contributed by atoms with Gasteiger partial charge in [0.15, 0.2) is 5.78 Å². The Morgan fingerprint density at radius 3 is 3.10 bits per heavy atom. The SMILES string of the molecule is [2H]Cc1nc2c([2H])c([2H])c([2H])c(N)c2c(=O)n1C1([2H])C(=O)CC(=O)C([2H])C1[2H]. The van der Waals surface area contributed by atoms with Crippen LogP contribution in [-0.2, 0) is 9.59 Å². The summed E-state index contributed by atoms with van der Waals surface area (Å²) in [5, 5.41) is -0.478. The Morgan fingerprint density at radius 1 is 1.52 bits per heavy atom. The Balaban J connectivity index is 2.48. The standard InChI is InChI=1S/C15H15N3O3/c1-8-17-11-4-2-3-10(16)14(11)15(21)18(8)12-6-5-9(19)7-13(12)20/h2-4,12H,5-7,16H2,1H3/i1D,2D,3D,4D,5D,6D,12D. The average Bonchev–Trinajstić information content (AvgIpc) is 2.66. The summed E-state index contributed by atoms with van der Waals surface area (Å²) in [7, 11) is 0. The van der Waals surface area contributed by atoms with E-state index in [0.29, 0.717) is 4.57 Å². The smallest absolute Gasteiger partial charge is 0.264 e. The van der Waals surface area contributed by atoms with Crippen molar-refractivity contribution in [3.05, 3.63) is 34.3 Å². The zero-order valence-corrected chi connectivity index (χ0v) is 10.8. The fourth-order valence-corrected chi connectivity index (χ4v) is 2.14. The van der Waals surface area contributed by atoms with Crippen LogP contribution in [0, 0.1) is 6.90 Å². The molecule has 0 radical (unpaired) electrons. The van der Waals surface area contributed by atoms with Crippen LogP contribution in [0.15, 0.2) is 22.9 Å². The van der Waals surface area contributed by atoms with Gasteiger partial charge in [-0.15, -0.1) is 0 Å². The number of fused-ring (bicyclic) bond motifs is 1. The van der Waals surface area contributed by atoms with E-state index in [1.807, 2.05) is 0 Å². The van der Waals surface area contributed by atoms with Crippen LogP contribution in [0.1, 0.15) is 40.7 Å². The van der Waals surface area contributed by atoms with E-state index in [1.165, 1.54) is 0 Å². The summed E-state index contributed by atoms with van der Waals surface area (Å²) in [5.41, 5.74) is 3.80. The molecule has 3 rings (SSSR count). The maximum Gasteiger partial charge on any atom is 0.264 e. The van der Waals surface area contributed by atoms with Gasteiger partial charge in [0, 0.05) is 16.2 Å². The molecule has 21 heavy (non-hydrogen) atoms. The molecule has 1 fully saturated rings. The number of ketones is 2. The number of benzene rings is 1. The number of aryl methyl sites for hydroxylation is 1. The highest BCUT2D eigenvalue weighted by molar-refractivity contribution is 6.03. The van der Waals surface area contributed by atoms with E-state index in [4.69, 9.17) is 15.3 Å². The summed E-state index contributed by atoms with van der Waals surface area (Å²) in [4.78, 5) is 41.4. The third-order valence-electron chi connectivity index (χ3n) is 3.09. The number of carbonyl (C=O) groups excluding carboxylic acids is 2. The summed E-state index contributed by atoms with van der Waals surface area (Å²) in [6, 6.07) is -4.44. The molecule has 6 heteroatoms. The molecule has 1 saturated carbocycles. The Hall–Kier alpha value is -2.50. The zero-order valence-electron chi connectivity index (χ0n) is 17.8. The van der Waals surface area contributed by atoms with Crippen LogP contribution < -0.4 is 11.3 Å². The number of hydrogen-bond acceptors (Lipinski definition) is 5. The van der Waals surface area contributed by atoms with Crippen molar-refractivity contribution >= 4 is 28.2 Å². The first-order valence-electron chi connectivity index (χ1n) is 9.85. The second-order valence-corrected chi connectivity index (χ2v) is 4.47. The molecule has 1 aromatic heterocycles. The molecule has 0 aliphatic heterocycles. The lowest BCUT2D eigenvalue weighted by Crippen LogP contribution is -2.36. The van der Waals surface area contributed by atoms with E-state index in [2.05, 4.69) is 4.98 Å². The zero-order chi connectivity index (χ0) is 21.1. The highest BCUT2D eigenvalue weighted by Gasteiger charge is 2.30. The van der Waals surface area contributed by atoms with Gasteiger partial charge in [-0.2, -0.15) is 0 Å². The third-order valence-corrected chi connectivity index (χ3v) is 3.09. The van der Waals surface area contributed by atoms with Gasteiger partial charge in [0.2, 0.25) is 0 Å². The molecule has 0 bridgehead atoms. The lowest BCUT2D eigenvalue weighted by Gasteiger charge is -2.24. The summed E-state index contributed by atoms with van der Waals surface area (Å²) < 4.78 is 56.0. The third kappa shape index (κ3) is 2.12. The molecule has 0 amide bonds. The number of nitrogen functional groups attached to an aromatic ring is 1.